The van der Waals surface area contributed by atoms with Crippen LogP contribution in [0.25, 0.3) is 0 Å². The molecule has 6 nitrogen and oxygen atoms in total. The summed E-state index contributed by atoms with van der Waals surface area (Å²) in [5.74, 6) is 0.232. The summed E-state index contributed by atoms with van der Waals surface area (Å²) in [6.07, 6.45) is 7.07. The van der Waals surface area contributed by atoms with Gasteiger partial charge in [0.15, 0.2) is 0 Å². The first-order chi connectivity index (χ1) is 15.1. The molecule has 2 aromatic heterocycles. The summed E-state index contributed by atoms with van der Waals surface area (Å²) in [7, 11) is 0. The van der Waals surface area contributed by atoms with Crippen molar-refractivity contribution in [2.24, 2.45) is 16.2 Å². The third-order valence-electron chi connectivity index (χ3n) is 6.05. The Labute approximate surface area is 184 Å². The second-order valence-corrected chi connectivity index (χ2v) is 8.57. The quantitative estimate of drug-likeness (QED) is 0.595. The predicted octanol–water partition coefficient (Wildman–Crippen LogP) is 4.93. The van der Waals surface area contributed by atoms with E-state index in [2.05, 4.69) is 51.5 Å². The minimum absolute atomic E-state index is 0.232. The summed E-state index contributed by atoms with van der Waals surface area (Å²) >= 11 is 0. The molecule has 0 amide bonds. The summed E-state index contributed by atoms with van der Waals surface area (Å²) in [5, 5.41) is 8.89. The van der Waals surface area contributed by atoms with E-state index in [-0.39, 0.29) is 5.92 Å². The summed E-state index contributed by atoms with van der Waals surface area (Å²) in [4.78, 5) is 20.8. The molecule has 0 aromatic carbocycles. The van der Waals surface area contributed by atoms with Gasteiger partial charge in [-0.2, -0.15) is 0 Å². The highest BCUT2D eigenvalue weighted by atomic mass is 16.6. The van der Waals surface area contributed by atoms with E-state index in [1.807, 2.05) is 13.8 Å². The fraction of sp³-hybridized carbons (Fsp3) is 0.520. The fourth-order valence-electron chi connectivity index (χ4n) is 4.11. The second kappa shape index (κ2) is 10.0. The van der Waals surface area contributed by atoms with Crippen LogP contribution in [-0.4, -0.2) is 34.6 Å². The zero-order chi connectivity index (χ0) is 21.6. The molecule has 2 aliphatic rings. The molecular formula is C25H32N4O2. The Bertz CT molecular complexity index is 906. The molecule has 0 unspecified atom stereocenters. The van der Waals surface area contributed by atoms with Crippen LogP contribution in [0.15, 0.2) is 34.6 Å². The van der Waals surface area contributed by atoms with E-state index in [0.29, 0.717) is 13.2 Å². The zero-order valence-electron chi connectivity index (χ0n) is 18.9. The van der Waals surface area contributed by atoms with E-state index in [4.69, 9.17) is 9.68 Å². The Hall–Kier alpha value is -2.76. The Balaban J connectivity index is 1.34. The Morgan fingerprint density at radius 3 is 1.71 bits per heavy atom. The molecule has 0 fully saturated rings. The second-order valence-electron chi connectivity index (χ2n) is 8.57. The highest BCUT2D eigenvalue weighted by molar-refractivity contribution is 6.01. The van der Waals surface area contributed by atoms with Crippen LogP contribution in [0.3, 0.4) is 0 Å². The molecule has 2 aromatic rings. The SMILES string of the molecule is CCC(CON=C1CCCc2ccc(C)nc21)CON=C1CCCc2ccc(C)nc21. The molecule has 2 aliphatic carbocycles. The largest absolute Gasteiger partial charge is 0.395 e. The molecule has 0 bridgehead atoms. The maximum absolute atomic E-state index is 5.74. The van der Waals surface area contributed by atoms with Gasteiger partial charge in [-0.25, -0.2) is 0 Å². The van der Waals surface area contributed by atoms with Gasteiger partial charge in [0, 0.05) is 17.3 Å². The molecule has 4 rings (SSSR count). The topological polar surface area (TPSA) is 69.0 Å². The molecule has 164 valence electrons. The van der Waals surface area contributed by atoms with Gasteiger partial charge in [0.1, 0.15) is 24.6 Å². The van der Waals surface area contributed by atoms with E-state index in [1.54, 1.807) is 0 Å². The molecule has 0 aliphatic heterocycles. The van der Waals surface area contributed by atoms with Gasteiger partial charge in [-0.1, -0.05) is 29.4 Å². The molecule has 0 spiro atoms. The number of pyridine rings is 2. The van der Waals surface area contributed by atoms with Crippen LogP contribution in [-0.2, 0) is 22.5 Å². The van der Waals surface area contributed by atoms with Crippen molar-refractivity contribution >= 4 is 11.4 Å². The molecule has 0 radical (unpaired) electrons. The smallest absolute Gasteiger partial charge is 0.123 e. The van der Waals surface area contributed by atoms with Crippen LogP contribution in [0.4, 0.5) is 0 Å². The van der Waals surface area contributed by atoms with Gasteiger partial charge in [0.2, 0.25) is 0 Å². The molecule has 31 heavy (non-hydrogen) atoms. The van der Waals surface area contributed by atoms with E-state index in [9.17, 15) is 0 Å². The normalized spacial score (nSPS) is 19.1. The summed E-state index contributed by atoms with van der Waals surface area (Å²) < 4.78 is 0. The molecule has 0 atom stereocenters. The van der Waals surface area contributed by atoms with Crippen LogP contribution in [0.2, 0.25) is 0 Å². The van der Waals surface area contributed by atoms with Crippen LogP contribution in [0, 0.1) is 19.8 Å². The lowest BCUT2D eigenvalue weighted by atomic mass is 9.94. The van der Waals surface area contributed by atoms with Crippen molar-refractivity contribution in [1.29, 1.82) is 0 Å². The number of hydrogen-bond donors (Lipinski definition) is 0. The van der Waals surface area contributed by atoms with Crippen molar-refractivity contribution in [3.8, 4) is 0 Å². The first-order valence-electron chi connectivity index (χ1n) is 11.5. The monoisotopic (exact) mass is 420 g/mol. The Morgan fingerprint density at radius 2 is 1.26 bits per heavy atom. The van der Waals surface area contributed by atoms with Gasteiger partial charge in [-0.05, 0) is 82.1 Å². The first kappa shape index (κ1) is 21.5. The molecule has 0 saturated heterocycles. The number of nitrogens with zero attached hydrogens (tertiary/aromatic N) is 4. The van der Waals surface area contributed by atoms with Gasteiger partial charge in [-0.3, -0.25) is 9.97 Å². The number of aryl methyl sites for hydroxylation is 4. The minimum atomic E-state index is 0.232. The Morgan fingerprint density at radius 1 is 0.774 bits per heavy atom. The van der Waals surface area contributed by atoms with Crippen LogP contribution in [0.1, 0.15) is 72.9 Å². The summed E-state index contributed by atoms with van der Waals surface area (Å²) in [5.41, 5.74) is 8.48. The third kappa shape index (κ3) is 5.30. The number of fused-ring (bicyclic) bond motifs is 2. The third-order valence-corrected chi connectivity index (χ3v) is 6.05. The van der Waals surface area contributed by atoms with E-state index >= 15 is 0 Å². The molecule has 0 saturated carbocycles. The van der Waals surface area contributed by atoms with Gasteiger partial charge in [-0.15, -0.1) is 0 Å². The van der Waals surface area contributed by atoms with E-state index in [1.165, 1.54) is 11.1 Å². The molecular weight excluding hydrogens is 388 g/mol. The predicted molar refractivity (Wildman–Crippen MR) is 123 cm³/mol. The van der Waals surface area contributed by atoms with Crippen molar-refractivity contribution in [3.63, 3.8) is 0 Å². The molecule has 2 heterocycles. The van der Waals surface area contributed by atoms with Crippen molar-refractivity contribution in [1.82, 2.24) is 9.97 Å². The van der Waals surface area contributed by atoms with Crippen molar-refractivity contribution in [3.05, 3.63) is 58.2 Å². The standard InChI is InChI=1S/C25H32N4O2/c1-4-19(15-30-28-22-9-5-7-20-13-11-17(2)26-24(20)22)16-31-29-23-10-6-8-21-14-12-18(3)27-25(21)23/h11-14,19H,4-10,15-16H2,1-3H3. The van der Waals surface area contributed by atoms with Crippen LogP contribution in [0.5, 0.6) is 0 Å². The average molecular weight is 421 g/mol. The summed E-state index contributed by atoms with van der Waals surface area (Å²) in [6, 6.07) is 8.45. The van der Waals surface area contributed by atoms with Gasteiger partial charge < -0.3 is 9.68 Å². The average Bonchev–Trinajstić information content (AvgIpc) is 2.78. The number of rotatable bonds is 7. The number of hydrogen-bond acceptors (Lipinski definition) is 6. The number of aromatic nitrogens is 2. The van der Waals surface area contributed by atoms with Crippen molar-refractivity contribution < 1.29 is 9.68 Å². The fourth-order valence-corrected chi connectivity index (χ4v) is 4.11. The lowest BCUT2D eigenvalue weighted by molar-refractivity contribution is 0.0423. The highest BCUT2D eigenvalue weighted by Gasteiger charge is 2.19. The molecule has 0 N–H and O–H groups in total. The first-order valence-corrected chi connectivity index (χ1v) is 11.5. The Kier molecular flexibility index (Phi) is 6.95. The van der Waals surface area contributed by atoms with Crippen LogP contribution < -0.4 is 0 Å². The molecule has 6 heteroatoms. The van der Waals surface area contributed by atoms with Crippen molar-refractivity contribution in [2.75, 3.05) is 13.2 Å². The van der Waals surface area contributed by atoms with Gasteiger partial charge in [0.25, 0.3) is 0 Å². The maximum Gasteiger partial charge on any atom is 0.123 e. The maximum atomic E-state index is 5.74. The minimum Gasteiger partial charge on any atom is -0.395 e. The summed E-state index contributed by atoms with van der Waals surface area (Å²) in [6.45, 7) is 7.20. The van der Waals surface area contributed by atoms with Gasteiger partial charge >= 0.3 is 0 Å². The lowest BCUT2D eigenvalue weighted by Crippen LogP contribution is -2.18. The number of oxime groups is 2. The van der Waals surface area contributed by atoms with E-state index < -0.39 is 0 Å². The van der Waals surface area contributed by atoms with Crippen LogP contribution >= 0.6 is 0 Å². The zero-order valence-corrected chi connectivity index (χ0v) is 18.9. The lowest BCUT2D eigenvalue weighted by Gasteiger charge is -2.18. The highest BCUT2D eigenvalue weighted by Crippen LogP contribution is 2.22. The van der Waals surface area contributed by atoms with Gasteiger partial charge in [0.05, 0.1) is 11.4 Å². The van der Waals surface area contributed by atoms with Crippen molar-refractivity contribution in [2.45, 2.75) is 65.7 Å². The van der Waals surface area contributed by atoms with E-state index in [0.717, 1.165) is 79.1 Å².